The smallest absolute Gasteiger partial charge is 0.242 e. The Labute approximate surface area is 130 Å². The summed E-state index contributed by atoms with van der Waals surface area (Å²) in [5.41, 5.74) is 0. The summed E-state index contributed by atoms with van der Waals surface area (Å²) in [6.45, 7) is 5.14. The number of rotatable bonds is 4. The second-order valence-electron chi connectivity index (χ2n) is 6.03. The second-order valence-corrected chi connectivity index (χ2v) is 6.03. The van der Waals surface area contributed by atoms with Gasteiger partial charge >= 0.3 is 0 Å². The third-order valence-corrected chi connectivity index (χ3v) is 4.13. The minimum absolute atomic E-state index is 0.0692. The molecule has 122 valence electrons. The molecule has 1 aliphatic heterocycles. The van der Waals surface area contributed by atoms with Crippen LogP contribution in [0.4, 0.5) is 5.82 Å². The zero-order chi connectivity index (χ0) is 16.3. The molecule has 0 aromatic carbocycles. The summed E-state index contributed by atoms with van der Waals surface area (Å²) >= 11 is 0. The summed E-state index contributed by atoms with van der Waals surface area (Å²) in [5, 5.41) is 6.51. The van der Waals surface area contributed by atoms with Crippen LogP contribution in [0.5, 0.6) is 0 Å². The van der Waals surface area contributed by atoms with Crippen molar-refractivity contribution in [3.8, 4) is 0 Å². The van der Waals surface area contributed by atoms with Crippen LogP contribution in [0.3, 0.4) is 0 Å². The van der Waals surface area contributed by atoms with Gasteiger partial charge in [-0.25, -0.2) is 0 Å². The quantitative estimate of drug-likeness (QED) is 0.901. The van der Waals surface area contributed by atoms with Crippen LogP contribution < -0.4 is 5.32 Å². The summed E-state index contributed by atoms with van der Waals surface area (Å²) in [5.74, 6) is 1.23. The van der Waals surface area contributed by atoms with Gasteiger partial charge < -0.3 is 14.7 Å². The van der Waals surface area contributed by atoms with Gasteiger partial charge in [0.1, 0.15) is 5.76 Å². The van der Waals surface area contributed by atoms with Gasteiger partial charge in [-0.05, 0) is 39.8 Å². The zero-order valence-corrected chi connectivity index (χ0v) is 13.6. The zero-order valence-electron chi connectivity index (χ0n) is 13.6. The molecular formula is C15H24N4O3. The number of nitrogens with one attached hydrogen (secondary N) is 1. The number of aromatic nitrogens is 1. The van der Waals surface area contributed by atoms with Crippen molar-refractivity contribution in [1.29, 1.82) is 0 Å². The Morgan fingerprint density at radius 1 is 1.41 bits per heavy atom. The standard InChI is InChI=1S/C15H24N4O3/c1-10-9-13(17-22-10)16-14(20)11(2)19-7-5-12(6-8-19)15(21)18(3)4/h9,11-12H,5-8H2,1-4H3,(H,16,17,20). The van der Waals surface area contributed by atoms with E-state index in [0.29, 0.717) is 11.6 Å². The molecule has 2 amide bonds. The van der Waals surface area contributed by atoms with E-state index in [-0.39, 0.29) is 23.8 Å². The molecule has 2 rings (SSSR count). The molecule has 22 heavy (non-hydrogen) atoms. The number of likely N-dealkylation sites (tertiary alicyclic amines) is 1. The SMILES string of the molecule is Cc1cc(NC(=O)C(C)N2CCC(C(=O)N(C)C)CC2)no1. The normalized spacial score (nSPS) is 18.0. The van der Waals surface area contributed by atoms with E-state index < -0.39 is 0 Å². The minimum Gasteiger partial charge on any atom is -0.360 e. The van der Waals surface area contributed by atoms with Gasteiger partial charge in [-0.3, -0.25) is 14.5 Å². The van der Waals surface area contributed by atoms with E-state index in [4.69, 9.17) is 4.52 Å². The van der Waals surface area contributed by atoms with Crippen molar-refractivity contribution in [2.45, 2.75) is 32.7 Å². The lowest BCUT2D eigenvalue weighted by Gasteiger charge is -2.35. The second kappa shape index (κ2) is 6.91. The van der Waals surface area contributed by atoms with Crippen LogP contribution >= 0.6 is 0 Å². The number of piperidine rings is 1. The Hall–Kier alpha value is -1.89. The molecule has 1 saturated heterocycles. The largest absolute Gasteiger partial charge is 0.360 e. The first-order valence-electron chi connectivity index (χ1n) is 7.58. The molecule has 7 nitrogen and oxygen atoms in total. The molecule has 1 fully saturated rings. The van der Waals surface area contributed by atoms with Crippen molar-refractivity contribution in [2.24, 2.45) is 5.92 Å². The van der Waals surface area contributed by atoms with Crippen molar-refractivity contribution >= 4 is 17.6 Å². The Bertz CT molecular complexity index is 533. The van der Waals surface area contributed by atoms with E-state index in [9.17, 15) is 9.59 Å². The topological polar surface area (TPSA) is 78.7 Å². The summed E-state index contributed by atoms with van der Waals surface area (Å²) in [4.78, 5) is 27.9. The van der Waals surface area contributed by atoms with Gasteiger partial charge in [-0.15, -0.1) is 0 Å². The monoisotopic (exact) mass is 308 g/mol. The summed E-state index contributed by atoms with van der Waals surface area (Å²) < 4.78 is 4.93. The number of anilines is 1. The maximum absolute atomic E-state index is 12.2. The third-order valence-electron chi connectivity index (χ3n) is 4.13. The van der Waals surface area contributed by atoms with Gasteiger partial charge in [0.2, 0.25) is 11.8 Å². The van der Waals surface area contributed by atoms with Crippen LogP contribution in [0.25, 0.3) is 0 Å². The number of aryl methyl sites for hydroxylation is 1. The molecule has 1 N–H and O–H groups in total. The van der Waals surface area contributed by atoms with Gasteiger partial charge in [0.25, 0.3) is 0 Å². The fraction of sp³-hybridized carbons (Fsp3) is 0.667. The summed E-state index contributed by atoms with van der Waals surface area (Å²) in [6.07, 6.45) is 1.58. The fourth-order valence-electron chi connectivity index (χ4n) is 2.72. The van der Waals surface area contributed by atoms with Crippen molar-refractivity contribution in [3.05, 3.63) is 11.8 Å². The van der Waals surface area contributed by atoms with Crippen LogP contribution in [-0.2, 0) is 9.59 Å². The Morgan fingerprint density at radius 3 is 2.55 bits per heavy atom. The van der Waals surface area contributed by atoms with Gasteiger partial charge in [-0.1, -0.05) is 5.16 Å². The maximum Gasteiger partial charge on any atom is 0.242 e. The first-order chi connectivity index (χ1) is 10.4. The molecule has 1 unspecified atom stereocenters. The molecule has 0 saturated carbocycles. The lowest BCUT2D eigenvalue weighted by molar-refractivity contribution is -0.134. The molecule has 1 atom stereocenters. The number of nitrogens with zero attached hydrogens (tertiary/aromatic N) is 3. The average Bonchev–Trinajstić information content (AvgIpc) is 2.90. The van der Waals surface area contributed by atoms with Crippen LogP contribution in [0.15, 0.2) is 10.6 Å². The number of carbonyl (C=O) groups excluding carboxylic acids is 2. The lowest BCUT2D eigenvalue weighted by atomic mass is 9.94. The highest BCUT2D eigenvalue weighted by Gasteiger charge is 2.30. The molecular weight excluding hydrogens is 284 g/mol. The molecule has 2 heterocycles. The average molecular weight is 308 g/mol. The first kappa shape index (κ1) is 16.5. The van der Waals surface area contributed by atoms with Crippen molar-refractivity contribution in [3.63, 3.8) is 0 Å². The number of carbonyl (C=O) groups is 2. The van der Waals surface area contributed by atoms with Crippen LogP contribution in [-0.4, -0.2) is 60.0 Å². The van der Waals surface area contributed by atoms with Crippen LogP contribution in [0.1, 0.15) is 25.5 Å². The third kappa shape index (κ3) is 3.85. The van der Waals surface area contributed by atoms with E-state index in [1.54, 1.807) is 32.0 Å². The molecule has 0 radical (unpaired) electrons. The van der Waals surface area contributed by atoms with Crippen molar-refractivity contribution in [2.75, 3.05) is 32.5 Å². The maximum atomic E-state index is 12.2. The molecule has 1 aromatic rings. The Morgan fingerprint density at radius 2 is 2.05 bits per heavy atom. The summed E-state index contributed by atoms with van der Waals surface area (Å²) in [7, 11) is 3.56. The highest BCUT2D eigenvalue weighted by molar-refractivity contribution is 5.93. The van der Waals surface area contributed by atoms with E-state index in [0.717, 1.165) is 25.9 Å². The highest BCUT2D eigenvalue weighted by atomic mass is 16.5. The highest BCUT2D eigenvalue weighted by Crippen LogP contribution is 2.21. The Balaban J connectivity index is 1.85. The number of hydrogen-bond donors (Lipinski definition) is 1. The molecule has 0 aliphatic carbocycles. The minimum atomic E-state index is -0.257. The molecule has 1 aliphatic rings. The number of hydrogen-bond acceptors (Lipinski definition) is 5. The summed E-state index contributed by atoms with van der Waals surface area (Å²) in [6, 6.07) is 1.43. The first-order valence-corrected chi connectivity index (χ1v) is 7.58. The van der Waals surface area contributed by atoms with Gasteiger partial charge in [0.15, 0.2) is 5.82 Å². The van der Waals surface area contributed by atoms with Crippen molar-refractivity contribution < 1.29 is 14.1 Å². The predicted molar refractivity (Wildman–Crippen MR) is 82.3 cm³/mol. The van der Waals surface area contributed by atoms with Gasteiger partial charge in [0, 0.05) is 26.1 Å². The van der Waals surface area contributed by atoms with E-state index in [2.05, 4.69) is 15.4 Å². The fourth-order valence-corrected chi connectivity index (χ4v) is 2.72. The van der Waals surface area contributed by atoms with Crippen LogP contribution in [0.2, 0.25) is 0 Å². The van der Waals surface area contributed by atoms with Crippen LogP contribution in [0, 0.1) is 12.8 Å². The van der Waals surface area contributed by atoms with Gasteiger partial charge in [0.05, 0.1) is 6.04 Å². The molecule has 0 spiro atoms. The van der Waals surface area contributed by atoms with Crippen molar-refractivity contribution in [1.82, 2.24) is 15.0 Å². The van der Waals surface area contributed by atoms with E-state index >= 15 is 0 Å². The predicted octanol–water partition coefficient (Wildman–Crippen LogP) is 1.11. The van der Waals surface area contributed by atoms with E-state index in [1.807, 2.05) is 6.92 Å². The molecule has 0 bridgehead atoms. The molecule has 1 aromatic heterocycles. The Kier molecular flexibility index (Phi) is 5.18. The lowest BCUT2D eigenvalue weighted by Crippen LogP contribution is -2.48. The van der Waals surface area contributed by atoms with E-state index in [1.165, 1.54) is 0 Å². The number of amides is 2. The van der Waals surface area contributed by atoms with Gasteiger partial charge in [-0.2, -0.15) is 0 Å². The molecule has 7 heteroatoms.